The molecule has 4 aliphatic rings. The van der Waals surface area contributed by atoms with Crippen LogP contribution in [0.4, 0.5) is 9.18 Å². The molecule has 0 bridgehead atoms. The fourth-order valence-corrected chi connectivity index (χ4v) is 9.09. The second kappa shape index (κ2) is 14.0. The molecule has 0 aromatic rings. The molecule has 9 nitrogen and oxygen atoms in total. The second-order valence-corrected chi connectivity index (χ2v) is 14.2. The van der Waals surface area contributed by atoms with Crippen molar-refractivity contribution in [2.45, 2.75) is 122 Å². The summed E-state index contributed by atoms with van der Waals surface area (Å²) < 4.78 is 27.2. The lowest BCUT2D eigenvalue weighted by molar-refractivity contribution is -0.215. The van der Waals surface area contributed by atoms with Crippen LogP contribution in [0.1, 0.15) is 104 Å². The molecule has 2 saturated carbocycles. The third kappa shape index (κ3) is 6.38. The average molecular weight is 634 g/mol. The van der Waals surface area contributed by atoms with Crippen molar-refractivity contribution in [2.75, 3.05) is 20.3 Å². The van der Waals surface area contributed by atoms with Crippen molar-refractivity contribution in [1.29, 1.82) is 0 Å². The first-order chi connectivity index (χ1) is 21.3. The molecule has 3 N–H and O–H groups in total. The molecule has 0 aromatic carbocycles. The number of esters is 1. The summed E-state index contributed by atoms with van der Waals surface area (Å²) in [5.41, 5.74) is -5.54. The van der Waals surface area contributed by atoms with E-state index in [0.29, 0.717) is 31.4 Å². The minimum atomic E-state index is -2.05. The van der Waals surface area contributed by atoms with Gasteiger partial charge in [-0.3, -0.25) is 14.4 Å². The molecule has 0 radical (unpaired) electrons. The highest BCUT2D eigenvalue weighted by Gasteiger charge is 2.75. The molecular formula is C35H52FNO8. The summed E-state index contributed by atoms with van der Waals surface area (Å²) in [6.07, 6.45) is 11.7. The lowest BCUT2D eigenvalue weighted by atomic mass is 9.45. The number of carbonyl (C=O) groups excluding carboxylic acids is 4. The number of nitrogens with one attached hydrogen (secondary N) is 1. The highest BCUT2D eigenvalue weighted by atomic mass is 19.1. The van der Waals surface area contributed by atoms with Gasteiger partial charge in [-0.1, -0.05) is 70.1 Å². The van der Waals surface area contributed by atoms with Gasteiger partial charge in [0.2, 0.25) is 5.78 Å². The van der Waals surface area contributed by atoms with Gasteiger partial charge >= 0.3 is 12.1 Å². The molecule has 0 saturated heterocycles. The maximum Gasteiger partial charge on any atom is 0.407 e. The first-order valence-electron chi connectivity index (χ1n) is 16.8. The van der Waals surface area contributed by atoms with Crippen molar-refractivity contribution < 1.29 is 43.3 Å². The molecular weight excluding hydrogens is 581 g/mol. The smallest absolute Gasteiger partial charge is 0.407 e. The molecule has 4 aliphatic carbocycles. The summed E-state index contributed by atoms with van der Waals surface area (Å²) in [7, 11) is 1.40. The van der Waals surface area contributed by atoms with Crippen molar-refractivity contribution in [2.24, 2.45) is 28.6 Å². The number of hydrogen-bond donors (Lipinski definition) is 3. The zero-order valence-electron chi connectivity index (χ0n) is 27.4. The van der Waals surface area contributed by atoms with Crippen molar-refractivity contribution in [3.05, 3.63) is 23.8 Å². The van der Waals surface area contributed by atoms with Crippen LogP contribution in [0.15, 0.2) is 23.8 Å². The van der Waals surface area contributed by atoms with Gasteiger partial charge in [-0.2, -0.15) is 0 Å². The number of carbonyl (C=O) groups is 4. The van der Waals surface area contributed by atoms with E-state index < -0.39 is 64.4 Å². The normalized spacial score (nSPS) is 36.8. The van der Waals surface area contributed by atoms with E-state index >= 15 is 4.39 Å². The number of fused-ring (bicyclic) bond motifs is 5. The highest BCUT2D eigenvalue weighted by Crippen LogP contribution is 2.70. The van der Waals surface area contributed by atoms with Gasteiger partial charge in [0.1, 0.15) is 5.60 Å². The molecule has 252 valence electrons. The van der Waals surface area contributed by atoms with Gasteiger partial charge in [0.25, 0.3) is 0 Å². The Kier molecular flexibility index (Phi) is 11.0. The number of alkyl carbamates (subject to hydrolysis) is 1. The van der Waals surface area contributed by atoms with E-state index in [1.54, 1.807) is 26.8 Å². The van der Waals surface area contributed by atoms with Gasteiger partial charge in [0.15, 0.2) is 18.1 Å². The Labute approximate surface area is 266 Å². The Morgan fingerprint density at radius 3 is 2.36 bits per heavy atom. The number of methoxy groups -OCH3 is 1. The van der Waals surface area contributed by atoms with E-state index in [4.69, 9.17) is 4.74 Å². The number of ether oxygens (including phenoxy) is 2. The fourth-order valence-electron chi connectivity index (χ4n) is 9.09. The summed E-state index contributed by atoms with van der Waals surface area (Å²) >= 11 is 0. The summed E-state index contributed by atoms with van der Waals surface area (Å²) in [5, 5.41) is 26.2. The number of aliphatic hydroxyl groups excluding tert-OH is 1. The minimum Gasteiger partial charge on any atom is -0.469 e. The van der Waals surface area contributed by atoms with Crippen LogP contribution in [0, 0.1) is 28.6 Å². The second-order valence-electron chi connectivity index (χ2n) is 14.2. The van der Waals surface area contributed by atoms with E-state index in [1.165, 1.54) is 13.2 Å². The van der Waals surface area contributed by atoms with Crippen LogP contribution in [0.3, 0.4) is 0 Å². The van der Waals surface area contributed by atoms with E-state index in [0.717, 1.165) is 51.4 Å². The predicted molar refractivity (Wildman–Crippen MR) is 166 cm³/mol. The number of Topliss-reactive ketones (excluding diaryl/α,β-unsaturated/α-hetero) is 1. The van der Waals surface area contributed by atoms with E-state index in [2.05, 4.69) is 10.1 Å². The largest absolute Gasteiger partial charge is 0.469 e. The van der Waals surface area contributed by atoms with Gasteiger partial charge in [0, 0.05) is 36.1 Å². The average Bonchev–Trinajstić information content (AvgIpc) is 3.20. The Morgan fingerprint density at radius 1 is 1.04 bits per heavy atom. The number of unbranched alkanes of at least 4 members (excludes halogenated alkanes) is 7. The van der Waals surface area contributed by atoms with E-state index in [9.17, 15) is 29.4 Å². The number of halogens is 1. The van der Waals surface area contributed by atoms with Gasteiger partial charge in [-0.15, -0.1) is 0 Å². The zero-order chi connectivity index (χ0) is 33.0. The van der Waals surface area contributed by atoms with Crippen LogP contribution in [0.5, 0.6) is 0 Å². The van der Waals surface area contributed by atoms with Crippen molar-refractivity contribution in [1.82, 2.24) is 5.32 Å². The number of amides is 1. The third-order valence-electron chi connectivity index (χ3n) is 11.8. The maximum atomic E-state index is 17.3. The first-order valence-corrected chi connectivity index (χ1v) is 16.8. The van der Waals surface area contributed by atoms with Crippen LogP contribution in [0.25, 0.3) is 0 Å². The molecule has 4 rings (SSSR count). The molecule has 0 aromatic heterocycles. The van der Waals surface area contributed by atoms with Crippen LogP contribution in [-0.4, -0.2) is 71.5 Å². The number of rotatable bonds is 14. The Hall–Kier alpha value is -2.59. The summed E-state index contributed by atoms with van der Waals surface area (Å²) in [4.78, 5) is 49.2. The fraction of sp³-hybridized carbons (Fsp3) is 0.771. The Bertz CT molecular complexity index is 1200. The zero-order valence-corrected chi connectivity index (χ0v) is 27.4. The van der Waals surface area contributed by atoms with Crippen molar-refractivity contribution in [3.63, 3.8) is 0 Å². The lowest BCUT2D eigenvalue weighted by Crippen LogP contribution is -2.69. The number of ketones is 2. The maximum absolute atomic E-state index is 17.3. The topological polar surface area (TPSA) is 139 Å². The van der Waals surface area contributed by atoms with Gasteiger partial charge in [0.05, 0.1) is 13.2 Å². The van der Waals surface area contributed by atoms with Crippen LogP contribution in [0.2, 0.25) is 0 Å². The number of hydrogen-bond acceptors (Lipinski definition) is 8. The minimum absolute atomic E-state index is 0.0915. The molecule has 2 fully saturated rings. The van der Waals surface area contributed by atoms with Crippen molar-refractivity contribution >= 4 is 23.6 Å². The Morgan fingerprint density at radius 2 is 1.69 bits per heavy atom. The van der Waals surface area contributed by atoms with Crippen LogP contribution < -0.4 is 5.32 Å². The molecule has 0 spiro atoms. The quantitative estimate of drug-likeness (QED) is 0.133. The third-order valence-corrected chi connectivity index (χ3v) is 11.8. The molecule has 8 atom stereocenters. The summed E-state index contributed by atoms with van der Waals surface area (Å²) in [6, 6.07) is 0. The number of alkyl halides is 1. The van der Waals surface area contributed by atoms with Gasteiger partial charge in [-0.25, -0.2) is 9.18 Å². The van der Waals surface area contributed by atoms with E-state index in [-0.39, 0.29) is 24.6 Å². The SMILES string of the molecule is COC(=O)CCCCCCCCCCNC(=O)OCC(=O)[C@@]1(O)[C@H](C)CC2C3CC=C4CC(=O)C=CC4(C)[C@@]3(F)C(O)CC21C. The first kappa shape index (κ1) is 35.3. The molecule has 5 unspecified atom stereocenters. The van der Waals surface area contributed by atoms with Gasteiger partial charge in [-0.05, 0) is 56.9 Å². The van der Waals surface area contributed by atoms with Crippen molar-refractivity contribution in [3.8, 4) is 0 Å². The molecule has 1 amide bonds. The van der Waals surface area contributed by atoms with Crippen LogP contribution in [-0.2, 0) is 23.9 Å². The lowest BCUT2D eigenvalue weighted by Gasteiger charge is -2.62. The summed E-state index contributed by atoms with van der Waals surface area (Å²) in [5.74, 6) is -2.48. The number of aliphatic hydroxyl groups is 2. The molecule has 0 aliphatic heterocycles. The predicted octanol–water partition coefficient (Wildman–Crippen LogP) is 5.31. The summed E-state index contributed by atoms with van der Waals surface area (Å²) in [6.45, 7) is 5.06. The standard InChI is InChI=1S/C35H52FNO8/c1-23-19-27-26-15-14-24-20-25(38)16-17-32(24,2)34(26,36)28(39)21-33(27,3)35(23,43)29(40)22-45-31(42)37-18-12-10-8-6-5-7-9-11-13-30(41)44-4/h14,16-17,23,26-28,39,43H,5-13,15,18-22H2,1-4H3,(H,37,42)/t23-,26?,27?,28?,32?,33?,34+,35+/m1/s1. The monoisotopic (exact) mass is 633 g/mol. The molecule has 0 heterocycles. The molecule has 10 heteroatoms. The Balaban J connectivity index is 1.25. The number of allylic oxidation sites excluding steroid dienone is 4. The highest BCUT2D eigenvalue weighted by molar-refractivity contribution is 5.94. The van der Waals surface area contributed by atoms with Gasteiger partial charge < -0.3 is 25.0 Å². The van der Waals surface area contributed by atoms with Crippen LogP contribution >= 0.6 is 0 Å². The van der Waals surface area contributed by atoms with E-state index in [1.807, 2.05) is 6.08 Å². The molecule has 45 heavy (non-hydrogen) atoms.